The first-order chi connectivity index (χ1) is 12.3. The van der Waals surface area contributed by atoms with Crippen LogP contribution in [-0.4, -0.2) is 82.1 Å². The van der Waals surface area contributed by atoms with Gasteiger partial charge in [-0.25, -0.2) is 15.0 Å². The molecule has 142 valence electrons. The van der Waals surface area contributed by atoms with E-state index < -0.39 is 28.4 Å². The summed E-state index contributed by atoms with van der Waals surface area (Å²) in [6, 6.07) is -1.49. The van der Waals surface area contributed by atoms with Crippen LogP contribution in [0.4, 0.5) is 4.79 Å². The van der Waals surface area contributed by atoms with Crippen molar-refractivity contribution in [3.8, 4) is 0 Å². The summed E-state index contributed by atoms with van der Waals surface area (Å²) in [5, 5.41) is 8.05. The van der Waals surface area contributed by atoms with Gasteiger partial charge in [0.15, 0.2) is 5.69 Å². The summed E-state index contributed by atoms with van der Waals surface area (Å²) in [7, 11) is -4.84. The topological polar surface area (TPSA) is 182 Å². The van der Waals surface area contributed by atoms with Crippen molar-refractivity contribution in [1.29, 1.82) is 0 Å². The summed E-state index contributed by atoms with van der Waals surface area (Å²) in [4.78, 5) is 30.0. The maximum atomic E-state index is 12.1. The second kappa shape index (κ2) is 6.96. The minimum absolute atomic E-state index is 0.0341. The van der Waals surface area contributed by atoms with Gasteiger partial charge in [-0.2, -0.15) is 13.5 Å². The van der Waals surface area contributed by atoms with Crippen molar-refractivity contribution in [2.45, 2.75) is 6.04 Å². The van der Waals surface area contributed by atoms with Crippen LogP contribution in [0.2, 0.25) is 0 Å². The molecule has 0 aromatic carbocycles. The van der Waals surface area contributed by atoms with Gasteiger partial charge in [0.05, 0.1) is 25.0 Å². The fourth-order valence-corrected chi connectivity index (χ4v) is 2.83. The molecule has 3 amide bonds. The molecule has 2 bridgehead atoms. The Morgan fingerprint density at radius 3 is 2.96 bits per heavy atom. The molecule has 0 saturated carbocycles. The number of nitrogens with one attached hydrogen (secondary N) is 1. The average Bonchev–Trinajstić information content (AvgIpc) is 3.14. The molecule has 2 aliphatic rings. The lowest BCUT2D eigenvalue weighted by molar-refractivity contribution is -0.0183. The van der Waals surface area contributed by atoms with Crippen molar-refractivity contribution in [3.63, 3.8) is 0 Å². The van der Waals surface area contributed by atoms with E-state index >= 15 is 0 Å². The lowest BCUT2D eigenvalue weighted by Gasteiger charge is -2.20. The summed E-state index contributed by atoms with van der Waals surface area (Å²) in [5.41, 5.74) is 7.81. The lowest BCUT2D eigenvalue weighted by Crippen LogP contribution is -2.35. The van der Waals surface area contributed by atoms with Crippen LogP contribution in [0.25, 0.3) is 5.70 Å². The Morgan fingerprint density at radius 1 is 1.50 bits per heavy atom. The van der Waals surface area contributed by atoms with Crippen molar-refractivity contribution < 1.29 is 31.7 Å². The number of carbonyl (C=O) groups excluding carboxylic acids is 2. The molecule has 1 unspecified atom stereocenters. The number of amides is 3. The number of aromatic nitrogens is 3. The highest BCUT2D eigenvalue weighted by atomic mass is 32.3. The van der Waals surface area contributed by atoms with E-state index in [-0.39, 0.29) is 31.9 Å². The van der Waals surface area contributed by atoms with Gasteiger partial charge in [-0.1, -0.05) is 5.21 Å². The first-order valence-corrected chi connectivity index (χ1v) is 8.66. The Balaban J connectivity index is 1.74. The molecule has 3 heterocycles. The lowest BCUT2D eigenvalue weighted by atomic mass is 10.2. The van der Waals surface area contributed by atoms with Crippen molar-refractivity contribution in [1.82, 2.24) is 30.4 Å². The molecule has 1 saturated heterocycles. The standard InChI is InChI=1S/C11H15N7O7S/c12-1-2-24-14-10(19)9-6-17(15-13-9)7-3-8-5-16(4-7)11(20)18(8)25-26(21,22)23/h3,6,8H,1-2,4-5,12H2,(H,14,19)(H,21,22,23). The normalized spacial score (nSPS) is 19.7. The molecule has 26 heavy (non-hydrogen) atoms. The third-order valence-corrected chi connectivity index (χ3v) is 3.83. The van der Waals surface area contributed by atoms with Gasteiger partial charge in [-0.3, -0.25) is 14.2 Å². The molecule has 0 aliphatic carbocycles. The summed E-state index contributed by atoms with van der Waals surface area (Å²) in [5.74, 6) is -0.628. The van der Waals surface area contributed by atoms with E-state index in [0.717, 1.165) is 0 Å². The summed E-state index contributed by atoms with van der Waals surface area (Å²) >= 11 is 0. The van der Waals surface area contributed by atoms with E-state index in [9.17, 15) is 18.0 Å². The Hall–Kier alpha value is -2.59. The summed E-state index contributed by atoms with van der Waals surface area (Å²) in [6.45, 7) is 0.613. The quantitative estimate of drug-likeness (QED) is 0.258. The van der Waals surface area contributed by atoms with E-state index in [1.807, 2.05) is 0 Å². The zero-order chi connectivity index (χ0) is 18.9. The van der Waals surface area contributed by atoms with E-state index in [4.69, 9.17) is 15.1 Å². The molecule has 4 N–H and O–H groups in total. The molecule has 1 aromatic rings. The number of carbonyl (C=O) groups is 2. The van der Waals surface area contributed by atoms with Gasteiger partial charge in [0, 0.05) is 13.1 Å². The third kappa shape index (κ3) is 3.81. The predicted molar refractivity (Wildman–Crippen MR) is 82.0 cm³/mol. The number of nitrogens with zero attached hydrogens (tertiary/aromatic N) is 5. The molecule has 3 rings (SSSR count). The Labute approximate surface area is 147 Å². The maximum absolute atomic E-state index is 12.1. The van der Waals surface area contributed by atoms with Crippen LogP contribution in [0.3, 0.4) is 0 Å². The second-order valence-electron chi connectivity index (χ2n) is 5.33. The Kier molecular flexibility index (Phi) is 4.88. The van der Waals surface area contributed by atoms with Crippen LogP contribution < -0.4 is 11.2 Å². The second-order valence-corrected chi connectivity index (χ2v) is 6.34. The molecule has 1 fully saturated rings. The fourth-order valence-electron chi connectivity index (χ4n) is 2.46. The highest BCUT2D eigenvalue weighted by molar-refractivity contribution is 7.80. The van der Waals surface area contributed by atoms with Gasteiger partial charge in [-0.15, -0.1) is 9.38 Å². The largest absolute Gasteiger partial charge is 0.418 e. The number of fused-ring (bicyclic) bond motifs is 2. The molecule has 14 nitrogen and oxygen atoms in total. The van der Waals surface area contributed by atoms with Crippen LogP contribution in [0, 0.1) is 0 Å². The van der Waals surface area contributed by atoms with Crippen LogP contribution >= 0.6 is 0 Å². The predicted octanol–water partition coefficient (Wildman–Crippen LogP) is -2.41. The summed E-state index contributed by atoms with van der Waals surface area (Å²) < 4.78 is 36.1. The van der Waals surface area contributed by atoms with Crippen LogP contribution in [0.5, 0.6) is 0 Å². The zero-order valence-corrected chi connectivity index (χ0v) is 14.0. The van der Waals surface area contributed by atoms with Gasteiger partial charge in [0.2, 0.25) is 0 Å². The highest BCUT2D eigenvalue weighted by Gasteiger charge is 2.43. The maximum Gasteiger partial charge on any atom is 0.418 e. The zero-order valence-electron chi connectivity index (χ0n) is 13.2. The summed E-state index contributed by atoms with van der Waals surface area (Å²) in [6.07, 6.45) is 2.84. The SMILES string of the molecule is NCCONC(=O)c1cn(C2=CC3CN(C2)C(=O)N3OS(=O)(=O)O)nn1. The van der Waals surface area contributed by atoms with E-state index in [1.54, 1.807) is 0 Å². The monoisotopic (exact) mass is 389 g/mol. The molecular weight excluding hydrogens is 374 g/mol. The molecular formula is C11H15N7O7S. The van der Waals surface area contributed by atoms with Crippen molar-refractivity contribution >= 4 is 28.0 Å². The van der Waals surface area contributed by atoms with Gasteiger partial charge in [0.1, 0.15) is 6.04 Å². The van der Waals surface area contributed by atoms with Gasteiger partial charge >= 0.3 is 16.4 Å². The van der Waals surface area contributed by atoms with E-state index in [1.165, 1.54) is 21.9 Å². The smallest absolute Gasteiger partial charge is 0.328 e. The number of urea groups is 1. The van der Waals surface area contributed by atoms with Crippen LogP contribution in [0.15, 0.2) is 12.3 Å². The number of hydroxylamine groups is 3. The molecule has 0 spiro atoms. The van der Waals surface area contributed by atoms with Crippen molar-refractivity contribution in [2.75, 3.05) is 26.2 Å². The van der Waals surface area contributed by atoms with Gasteiger partial charge in [0.25, 0.3) is 5.91 Å². The Morgan fingerprint density at radius 2 is 2.27 bits per heavy atom. The van der Waals surface area contributed by atoms with E-state index in [0.29, 0.717) is 10.8 Å². The van der Waals surface area contributed by atoms with E-state index in [2.05, 4.69) is 20.1 Å². The number of nitrogens with two attached hydrogens (primary N) is 1. The van der Waals surface area contributed by atoms with Crippen LogP contribution in [-0.2, 0) is 19.5 Å². The minimum atomic E-state index is -4.84. The first-order valence-electron chi connectivity index (χ1n) is 7.29. The van der Waals surface area contributed by atoms with Crippen LogP contribution in [0.1, 0.15) is 10.5 Å². The minimum Gasteiger partial charge on any atom is -0.328 e. The number of hydrogen-bond donors (Lipinski definition) is 3. The molecule has 0 radical (unpaired) electrons. The third-order valence-electron chi connectivity index (χ3n) is 3.48. The molecule has 1 aromatic heterocycles. The molecule has 1 atom stereocenters. The first kappa shape index (κ1) is 18.2. The molecule has 15 heteroatoms. The Bertz CT molecular complexity index is 851. The van der Waals surface area contributed by atoms with Gasteiger partial charge < -0.3 is 10.6 Å². The number of rotatable bonds is 7. The number of hydrogen-bond acceptors (Lipinski definition) is 9. The van der Waals surface area contributed by atoms with Gasteiger partial charge in [-0.05, 0) is 6.08 Å². The highest BCUT2D eigenvalue weighted by Crippen LogP contribution is 2.27. The van der Waals surface area contributed by atoms with Crippen molar-refractivity contribution in [2.24, 2.45) is 5.73 Å². The average molecular weight is 389 g/mol. The van der Waals surface area contributed by atoms with Crippen molar-refractivity contribution in [3.05, 3.63) is 18.0 Å². The fraction of sp³-hybridized carbons (Fsp3) is 0.455. The molecule has 2 aliphatic heterocycles.